The second-order valence-electron chi connectivity index (χ2n) is 5.98. The van der Waals surface area contributed by atoms with Crippen LogP contribution >= 0.6 is 0 Å². The molecule has 0 radical (unpaired) electrons. The highest BCUT2D eigenvalue weighted by atomic mass is 16.5. The molecule has 0 saturated heterocycles. The van der Waals surface area contributed by atoms with E-state index < -0.39 is 5.54 Å². The average molecular weight is 295 g/mol. The number of aromatic nitrogens is 2. The Bertz CT molecular complexity index is 456. The van der Waals surface area contributed by atoms with Gasteiger partial charge in [-0.1, -0.05) is 20.8 Å². The van der Waals surface area contributed by atoms with Crippen LogP contribution in [0.4, 0.5) is 0 Å². The van der Waals surface area contributed by atoms with Gasteiger partial charge in [-0.3, -0.25) is 4.79 Å². The minimum Gasteiger partial charge on any atom is -0.465 e. The number of hydrogen-bond acceptors (Lipinski definition) is 4. The molecule has 1 aromatic rings. The molecule has 5 heteroatoms. The zero-order chi connectivity index (χ0) is 16.0. The minimum atomic E-state index is -0.678. The summed E-state index contributed by atoms with van der Waals surface area (Å²) < 4.78 is 7.38. The Morgan fingerprint density at radius 2 is 2.10 bits per heavy atom. The molecule has 5 nitrogen and oxygen atoms in total. The lowest BCUT2D eigenvalue weighted by Gasteiger charge is -2.32. The minimum absolute atomic E-state index is 0.165. The second kappa shape index (κ2) is 7.59. The fraction of sp³-hybridized carbons (Fsp3) is 0.750. The Morgan fingerprint density at radius 3 is 2.62 bits per heavy atom. The van der Waals surface area contributed by atoms with E-state index in [2.05, 4.69) is 35.6 Å². The van der Waals surface area contributed by atoms with E-state index >= 15 is 0 Å². The van der Waals surface area contributed by atoms with Crippen molar-refractivity contribution in [2.45, 2.75) is 65.5 Å². The van der Waals surface area contributed by atoms with Crippen LogP contribution in [0.15, 0.2) is 12.4 Å². The Balaban J connectivity index is 2.92. The van der Waals surface area contributed by atoms with Crippen molar-refractivity contribution in [3.63, 3.8) is 0 Å². The molecule has 1 N–H and O–H groups in total. The van der Waals surface area contributed by atoms with Crippen LogP contribution in [-0.4, -0.2) is 34.2 Å². The third-order valence-electron chi connectivity index (χ3n) is 3.69. The van der Waals surface area contributed by atoms with Crippen molar-refractivity contribution in [1.29, 1.82) is 0 Å². The predicted molar refractivity (Wildman–Crippen MR) is 84.4 cm³/mol. The zero-order valence-corrected chi connectivity index (χ0v) is 14.1. The van der Waals surface area contributed by atoms with Crippen LogP contribution in [-0.2, 0) is 9.53 Å². The van der Waals surface area contributed by atoms with Gasteiger partial charge < -0.3 is 14.6 Å². The molecule has 1 heterocycles. The van der Waals surface area contributed by atoms with Crippen molar-refractivity contribution in [2.24, 2.45) is 0 Å². The van der Waals surface area contributed by atoms with Crippen LogP contribution < -0.4 is 5.32 Å². The first-order chi connectivity index (χ1) is 9.85. The number of ether oxygens (including phenoxy) is 1. The van der Waals surface area contributed by atoms with E-state index in [4.69, 9.17) is 4.74 Å². The predicted octanol–water partition coefficient (Wildman–Crippen LogP) is 2.89. The number of rotatable bonds is 8. The van der Waals surface area contributed by atoms with Crippen LogP contribution in [0, 0.1) is 0 Å². The van der Waals surface area contributed by atoms with Gasteiger partial charge in [-0.2, -0.15) is 0 Å². The maximum Gasteiger partial charge on any atom is 0.326 e. The first-order valence-corrected chi connectivity index (χ1v) is 7.80. The van der Waals surface area contributed by atoms with Crippen LogP contribution in [0.1, 0.15) is 65.7 Å². The molecule has 0 spiro atoms. The Labute approximate surface area is 128 Å². The molecule has 0 saturated carbocycles. The highest BCUT2D eigenvalue weighted by Gasteiger charge is 2.36. The Hall–Kier alpha value is -1.36. The lowest BCUT2D eigenvalue weighted by Crippen LogP contribution is -2.51. The van der Waals surface area contributed by atoms with E-state index in [1.807, 2.05) is 33.2 Å². The van der Waals surface area contributed by atoms with Gasteiger partial charge in [-0.15, -0.1) is 0 Å². The third-order valence-corrected chi connectivity index (χ3v) is 3.69. The van der Waals surface area contributed by atoms with E-state index in [0.29, 0.717) is 18.9 Å². The molecule has 0 aromatic carbocycles. The normalized spacial score (nSPS) is 15.8. The molecule has 0 aliphatic heterocycles. The van der Waals surface area contributed by atoms with Gasteiger partial charge in [0.15, 0.2) is 0 Å². The van der Waals surface area contributed by atoms with Crippen molar-refractivity contribution < 1.29 is 9.53 Å². The molecule has 2 unspecified atom stereocenters. The van der Waals surface area contributed by atoms with Gasteiger partial charge in [0.25, 0.3) is 0 Å². The smallest absolute Gasteiger partial charge is 0.326 e. The van der Waals surface area contributed by atoms with E-state index in [0.717, 1.165) is 12.4 Å². The monoisotopic (exact) mass is 295 g/mol. The highest BCUT2D eigenvalue weighted by Crippen LogP contribution is 2.25. The molecule has 0 aliphatic carbocycles. The first-order valence-electron chi connectivity index (χ1n) is 7.80. The number of imidazole rings is 1. The Kier molecular flexibility index (Phi) is 6.40. The van der Waals surface area contributed by atoms with Crippen molar-refractivity contribution >= 4 is 5.97 Å². The molecule has 0 amide bonds. The first kappa shape index (κ1) is 17.7. The highest BCUT2D eigenvalue weighted by molar-refractivity contribution is 5.80. The average Bonchev–Trinajstić information content (AvgIpc) is 2.88. The molecule has 0 bridgehead atoms. The van der Waals surface area contributed by atoms with Gasteiger partial charge >= 0.3 is 5.97 Å². The van der Waals surface area contributed by atoms with Gasteiger partial charge in [-0.05, 0) is 33.7 Å². The summed E-state index contributed by atoms with van der Waals surface area (Å²) in [6, 6.07) is 0.165. The summed E-state index contributed by atoms with van der Waals surface area (Å²) in [5.74, 6) is 1.21. The molecule has 2 atom stereocenters. The van der Waals surface area contributed by atoms with Crippen LogP contribution in [0.2, 0.25) is 0 Å². The van der Waals surface area contributed by atoms with Gasteiger partial charge in [0.05, 0.1) is 6.61 Å². The fourth-order valence-corrected chi connectivity index (χ4v) is 2.74. The molecule has 0 aliphatic rings. The van der Waals surface area contributed by atoms with Gasteiger partial charge in [0, 0.05) is 24.4 Å². The number of likely N-dealkylation sites (N-methyl/N-ethyl adjacent to an activating group) is 1. The van der Waals surface area contributed by atoms with Crippen LogP contribution in [0.5, 0.6) is 0 Å². The molecular weight excluding hydrogens is 266 g/mol. The van der Waals surface area contributed by atoms with Crippen molar-refractivity contribution in [2.75, 3.05) is 13.2 Å². The Morgan fingerprint density at radius 1 is 1.43 bits per heavy atom. The third kappa shape index (κ3) is 4.30. The van der Waals surface area contributed by atoms with Crippen molar-refractivity contribution in [3.05, 3.63) is 18.2 Å². The maximum atomic E-state index is 12.3. The molecule has 0 fully saturated rings. The lowest BCUT2D eigenvalue weighted by atomic mass is 9.93. The number of carbonyl (C=O) groups is 1. The quantitative estimate of drug-likeness (QED) is 0.749. The van der Waals surface area contributed by atoms with Gasteiger partial charge in [0.2, 0.25) is 0 Å². The lowest BCUT2D eigenvalue weighted by molar-refractivity contribution is -0.151. The van der Waals surface area contributed by atoms with Crippen molar-refractivity contribution in [1.82, 2.24) is 14.9 Å². The van der Waals surface area contributed by atoms with Gasteiger partial charge in [0.1, 0.15) is 11.4 Å². The van der Waals surface area contributed by atoms with E-state index in [1.165, 1.54) is 0 Å². The van der Waals surface area contributed by atoms with E-state index in [-0.39, 0.29) is 12.0 Å². The maximum absolute atomic E-state index is 12.3. The number of esters is 1. The summed E-state index contributed by atoms with van der Waals surface area (Å²) in [6.45, 7) is 13.2. The largest absolute Gasteiger partial charge is 0.465 e. The molecule has 21 heavy (non-hydrogen) atoms. The number of nitrogens with one attached hydrogen (secondary N) is 1. The van der Waals surface area contributed by atoms with Gasteiger partial charge in [-0.25, -0.2) is 4.98 Å². The number of carbonyl (C=O) groups excluding carboxylic acids is 1. The summed E-state index contributed by atoms with van der Waals surface area (Å²) in [5, 5.41) is 3.28. The second-order valence-corrected chi connectivity index (χ2v) is 5.98. The SMILES string of the molecule is CCNC(C)(CC(C)n1ccnc1C(C)C)C(=O)OCC. The summed E-state index contributed by atoms with van der Waals surface area (Å²) >= 11 is 0. The van der Waals surface area contributed by atoms with E-state index in [1.54, 1.807) is 0 Å². The standard InChI is InChI=1S/C16H29N3O2/c1-7-18-16(6,15(20)21-8-2)11-13(5)19-10-9-17-14(19)12(3)4/h9-10,12-13,18H,7-8,11H2,1-6H3. The molecular formula is C16H29N3O2. The number of hydrogen-bond donors (Lipinski definition) is 1. The fourth-order valence-electron chi connectivity index (χ4n) is 2.74. The zero-order valence-electron chi connectivity index (χ0n) is 14.1. The topological polar surface area (TPSA) is 56.2 Å². The van der Waals surface area contributed by atoms with Crippen molar-refractivity contribution in [3.8, 4) is 0 Å². The van der Waals surface area contributed by atoms with E-state index in [9.17, 15) is 4.79 Å². The summed E-state index contributed by atoms with van der Waals surface area (Å²) in [5.41, 5.74) is -0.678. The molecule has 1 rings (SSSR count). The molecule has 1 aromatic heterocycles. The summed E-state index contributed by atoms with van der Waals surface area (Å²) in [7, 11) is 0. The molecule has 120 valence electrons. The number of nitrogens with zero attached hydrogens (tertiary/aromatic N) is 2. The van der Waals surface area contributed by atoms with Crippen LogP contribution in [0.3, 0.4) is 0 Å². The van der Waals surface area contributed by atoms with Crippen LogP contribution in [0.25, 0.3) is 0 Å². The summed E-state index contributed by atoms with van der Waals surface area (Å²) in [4.78, 5) is 16.7. The summed E-state index contributed by atoms with van der Waals surface area (Å²) in [6.07, 6.45) is 4.47.